The van der Waals surface area contributed by atoms with Crippen LogP contribution in [0.2, 0.25) is 0 Å². The summed E-state index contributed by atoms with van der Waals surface area (Å²) < 4.78 is 16.5. The van der Waals surface area contributed by atoms with Crippen molar-refractivity contribution >= 4 is 17.0 Å². The van der Waals surface area contributed by atoms with Crippen molar-refractivity contribution in [2.75, 3.05) is 0 Å². The Kier molecular flexibility index (Phi) is 3.47. The minimum atomic E-state index is -1.17. The van der Waals surface area contributed by atoms with Crippen molar-refractivity contribution in [2.24, 2.45) is 5.41 Å². The number of carboxylic acid groups (broad SMARTS) is 1. The second-order valence-electron chi connectivity index (χ2n) is 6.57. The van der Waals surface area contributed by atoms with Gasteiger partial charge >= 0.3 is 5.97 Å². The highest BCUT2D eigenvalue weighted by molar-refractivity contribution is 5.87. The fraction of sp³-hybridized carbons (Fsp3) is 0.357. The molecule has 0 amide bonds. The number of rotatable bonds is 3. The molecular weight excluding hydrogens is 319 g/mol. The van der Waals surface area contributed by atoms with E-state index >= 15 is 0 Å². The standard InChI is InChI=1S/C14H15FN6O3/c1-14(2,3)6-21-9-8(10(15)19-21)17-13(18-11(9)22)20-5-7(4-16-20)12(23)24/h4-5H,6H2,1-3H3,(H,23,24)(H,17,18,22). The van der Waals surface area contributed by atoms with E-state index in [1.165, 1.54) is 10.9 Å². The lowest BCUT2D eigenvalue weighted by molar-refractivity contribution is 0.0697. The van der Waals surface area contributed by atoms with Crippen LogP contribution in [-0.2, 0) is 6.54 Å². The minimum Gasteiger partial charge on any atom is -0.478 e. The van der Waals surface area contributed by atoms with Crippen LogP contribution in [0.5, 0.6) is 0 Å². The summed E-state index contributed by atoms with van der Waals surface area (Å²) in [6, 6.07) is 0. The Hall–Kier alpha value is -3.04. The summed E-state index contributed by atoms with van der Waals surface area (Å²) in [5.41, 5.74) is -1.04. The van der Waals surface area contributed by atoms with Crippen LogP contribution in [0.3, 0.4) is 0 Å². The number of hydrogen-bond donors (Lipinski definition) is 2. The van der Waals surface area contributed by atoms with E-state index in [2.05, 4.69) is 20.2 Å². The van der Waals surface area contributed by atoms with Crippen LogP contribution in [0, 0.1) is 11.4 Å². The molecule has 0 aliphatic heterocycles. The van der Waals surface area contributed by atoms with Crippen LogP contribution in [0.15, 0.2) is 17.2 Å². The van der Waals surface area contributed by atoms with Gasteiger partial charge in [-0.2, -0.15) is 9.49 Å². The number of nitrogens with one attached hydrogen (secondary N) is 1. The third-order valence-electron chi connectivity index (χ3n) is 3.22. The fourth-order valence-corrected chi connectivity index (χ4v) is 2.26. The van der Waals surface area contributed by atoms with Gasteiger partial charge in [0.05, 0.1) is 11.8 Å². The van der Waals surface area contributed by atoms with Crippen LogP contribution in [-0.4, -0.2) is 40.6 Å². The molecule has 0 saturated heterocycles. The second-order valence-corrected chi connectivity index (χ2v) is 6.57. The summed E-state index contributed by atoms with van der Waals surface area (Å²) in [4.78, 5) is 29.7. The molecule has 0 fully saturated rings. The van der Waals surface area contributed by atoms with Crippen molar-refractivity contribution in [1.82, 2.24) is 29.5 Å². The highest BCUT2D eigenvalue weighted by atomic mass is 19.1. The van der Waals surface area contributed by atoms with E-state index < -0.39 is 17.5 Å². The maximum Gasteiger partial charge on any atom is 0.338 e. The Bertz CT molecular complexity index is 994. The van der Waals surface area contributed by atoms with Crippen molar-refractivity contribution < 1.29 is 14.3 Å². The van der Waals surface area contributed by atoms with E-state index in [-0.39, 0.29) is 28.0 Å². The van der Waals surface area contributed by atoms with E-state index in [0.29, 0.717) is 6.54 Å². The Balaban J connectivity index is 2.15. The number of halogens is 1. The van der Waals surface area contributed by atoms with Crippen LogP contribution in [0.25, 0.3) is 17.0 Å². The lowest BCUT2D eigenvalue weighted by Crippen LogP contribution is -2.21. The first-order valence-electron chi connectivity index (χ1n) is 7.10. The molecule has 3 rings (SSSR count). The smallest absolute Gasteiger partial charge is 0.338 e. The molecule has 3 aromatic rings. The molecule has 0 bridgehead atoms. The number of aromatic amines is 1. The number of fused-ring (bicyclic) bond motifs is 1. The normalized spacial score (nSPS) is 12.0. The highest BCUT2D eigenvalue weighted by Crippen LogP contribution is 2.20. The van der Waals surface area contributed by atoms with Gasteiger partial charge in [-0.1, -0.05) is 20.8 Å². The predicted molar refractivity (Wildman–Crippen MR) is 81.6 cm³/mol. The Morgan fingerprint density at radius 2 is 2.12 bits per heavy atom. The number of carbonyl (C=O) groups is 1. The number of aromatic carboxylic acids is 1. The third-order valence-corrected chi connectivity index (χ3v) is 3.22. The third kappa shape index (κ3) is 2.77. The van der Waals surface area contributed by atoms with Gasteiger partial charge in [-0.3, -0.25) is 14.5 Å². The molecule has 126 valence electrons. The van der Waals surface area contributed by atoms with E-state index in [0.717, 1.165) is 10.9 Å². The lowest BCUT2D eigenvalue weighted by Gasteiger charge is -2.17. The quantitative estimate of drug-likeness (QED) is 0.742. The number of carboxylic acids is 1. The average Bonchev–Trinajstić information content (AvgIpc) is 3.03. The van der Waals surface area contributed by atoms with Gasteiger partial charge in [-0.15, -0.1) is 5.10 Å². The zero-order valence-corrected chi connectivity index (χ0v) is 13.2. The highest BCUT2D eigenvalue weighted by Gasteiger charge is 2.21. The fourth-order valence-electron chi connectivity index (χ4n) is 2.26. The van der Waals surface area contributed by atoms with E-state index in [1.807, 2.05) is 20.8 Å². The SMILES string of the molecule is CC(C)(C)Cn1nc(F)c2nc(-n3cc(C(=O)O)cn3)[nH]c(=O)c21. The number of hydrogen-bond acceptors (Lipinski definition) is 5. The molecule has 0 aromatic carbocycles. The van der Waals surface area contributed by atoms with Gasteiger partial charge in [-0.05, 0) is 5.41 Å². The molecule has 0 atom stereocenters. The number of aromatic nitrogens is 6. The van der Waals surface area contributed by atoms with E-state index in [1.54, 1.807) is 0 Å². The van der Waals surface area contributed by atoms with Gasteiger partial charge in [0.2, 0.25) is 5.95 Å². The lowest BCUT2D eigenvalue weighted by atomic mass is 9.97. The predicted octanol–water partition coefficient (Wildman–Crippen LogP) is 1.19. The monoisotopic (exact) mass is 334 g/mol. The van der Waals surface area contributed by atoms with Crippen LogP contribution in [0.4, 0.5) is 4.39 Å². The molecule has 0 saturated carbocycles. The molecule has 0 unspecified atom stereocenters. The summed E-state index contributed by atoms with van der Waals surface area (Å²) in [6.07, 6.45) is 2.27. The molecule has 9 nitrogen and oxygen atoms in total. The number of nitrogens with zero attached hydrogens (tertiary/aromatic N) is 5. The van der Waals surface area contributed by atoms with Gasteiger partial charge in [0.25, 0.3) is 11.5 Å². The summed E-state index contributed by atoms with van der Waals surface area (Å²) in [5, 5.41) is 16.5. The van der Waals surface area contributed by atoms with Gasteiger partial charge in [-0.25, -0.2) is 14.5 Å². The number of H-pyrrole nitrogens is 1. The Labute approximate surface area is 134 Å². The Morgan fingerprint density at radius 1 is 1.42 bits per heavy atom. The molecule has 0 radical (unpaired) electrons. The Morgan fingerprint density at radius 3 is 2.71 bits per heavy atom. The largest absolute Gasteiger partial charge is 0.478 e. The van der Waals surface area contributed by atoms with E-state index in [9.17, 15) is 14.0 Å². The molecule has 2 N–H and O–H groups in total. The molecular formula is C14H15FN6O3. The summed E-state index contributed by atoms with van der Waals surface area (Å²) in [7, 11) is 0. The van der Waals surface area contributed by atoms with Crippen molar-refractivity contribution in [3.63, 3.8) is 0 Å². The maximum atomic E-state index is 14.1. The minimum absolute atomic E-state index is 0.0248. The van der Waals surface area contributed by atoms with E-state index in [4.69, 9.17) is 5.11 Å². The van der Waals surface area contributed by atoms with Crippen molar-refractivity contribution in [1.29, 1.82) is 0 Å². The molecule has 0 aliphatic carbocycles. The first kappa shape index (κ1) is 15.8. The molecule has 10 heteroatoms. The molecule has 3 heterocycles. The summed E-state index contributed by atoms with van der Waals surface area (Å²) >= 11 is 0. The first-order chi connectivity index (χ1) is 11.2. The van der Waals surface area contributed by atoms with Crippen molar-refractivity contribution in [3.05, 3.63) is 34.3 Å². The zero-order valence-electron chi connectivity index (χ0n) is 13.2. The van der Waals surface area contributed by atoms with Crippen molar-refractivity contribution in [2.45, 2.75) is 27.3 Å². The molecule has 0 spiro atoms. The van der Waals surface area contributed by atoms with Gasteiger partial charge in [0, 0.05) is 12.7 Å². The molecule has 3 aromatic heterocycles. The van der Waals surface area contributed by atoms with Gasteiger partial charge in [0.1, 0.15) is 0 Å². The van der Waals surface area contributed by atoms with Gasteiger partial charge < -0.3 is 5.11 Å². The van der Waals surface area contributed by atoms with Crippen LogP contribution in [0.1, 0.15) is 31.1 Å². The van der Waals surface area contributed by atoms with Crippen LogP contribution >= 0.6 is 0 Å². The average molecular weight is 334 g/mol. The topological polar surface area (TPSA) is 119 Å². The zero-order chi connectivity index (χ0) is 17.6. The maximum absolute atomic E-state index is 14.1. The first-order valence-corrected chi connectivity index (χ1v) is 7.10. The summed E-state index contributed by atoms with van der Waals surface area (Å²) in [6.45, 7) is 6.14. The van der Waals surface area contributed by atoms with Crippen molar-refractivity contribution in [3.8, 4) is 5.95 Å². The summed E-state index contributed by atoms with van der Waals surface area (Å²) in [5.74, 6) is -2.13. The molecule has 24 heavy (non-hydrogen) atoms. The second kappa shape index (κ2) is 5.25. The van der Waals surface area contributed by atoms with Crippen LogP contribution < -0.4 is 5.56 Å². The van der Waals surface area contributed by atoms with Gasteiger partial charge in [0.15, 0.2) is 11.0 Å². The molecule has 0 aliphatic rings.